The van der Waals surface area contributed by atoms with Gasteiger partial charge in [0.15, 0.2) is 17.1 Å². The van der Waals surface area contributed by atoms with Crippen molar-refractivity contribution in [3.05, 3.63) is 47.5 Å². The van der Waals surface area contributed by atoms with Crippen molar-refractivity contribution in [2.75, 3.05) is 31.3 Å². The Morgan fingerprint density at radius 3 is 2.94 bits per heavy atom. The highest BCUT2D eigenvalue weighted by Crippen LogP contribution is 2.34. The molecule has 1 N–H and O–H groups in total. The van der Waals surface area contributed by atoms with Crippen LogP contribution in [0.3, 0.4) is 0 Å². The Hall–Kier alpha value is -3.66. The third kappa shape index (κ3) is 3.06. The molecular weight excluding hydrogens is 413 g/mol. The highest BCUT2D eigenvalue weighted by Gasteiger charge is 2.23. The number of fused-ring (bicyclic) bond motifs is 4. The van der Waals surface area contributed by atoms with Crippen molar-refractivity contribution in [1.29, 1.82) is 0 Å². The first kappa shape index (κ1) is 19.1. The van der Waals surface area contributed by atoms with E-state index in [4.69, 9.17) is 14.5 Å². The van der Waals surface area contributed by atoms with Crippen LogP contribution < -0.4 is 25.4 Å². The Labute approximate surface area is 183 Å². The third-order valence-corrected chi connectivity index (χ3v) is 6.00. The van der Waals surface area contributed by atoms with Crippen LogP contribution in [-0.2, 0) is 6.42 Å². The molecule has 9 nitrogen and oxygen atoms in total. The van der Waals surface area contributed by atoms with Crippen LogP contribution in [0.2, 0.25) is 0 Å². The zero-order valence-electron chi connectivity index (χ0n) is 17.4. The summed E-state index contributed by atoms with van der Waals surface area (Å²) in [4.78, 5) is 11.0. The molecule has 6 rings (SSSR count). The molecule has 32 heavy (non-hydrogen) atoms. The quantitative estimate of drug-likeness (QED) is 0.529. The van der Waals surface area contributed by atoms with Crippen molar-refractivity contribution >= 4 is 28.2 Å². The smallest absolute Gasteiger partial charge is 0.288 e. The summed E-state index contributed by atoms with van der Waals surface area (Å²) in [6, 6.07) is 9.27. The van der Waals surface area contributed by atoms with Gasteiger partial charge in [-0.3, -0.25) is 0 Å². The van der Waals surface area contributed by atoms with E-state index in [-0.39, 0.29) is 23.9 Å². The average molecular weight is 433 g/mol. The lowest BCUT2D eigenvalue weighted by Gasteiger charge is -2.36. The summed E-state index contributed by atoms with van der Waals surface area (Å²) in [5, 5.41) is 7.64. The van der Waals surface area contributed by atoms with Crippen LogP contribution in [0.1, 0.15) is 18.3 Å². The van der Waals surface area contributed by atoms with Gasteiger partial charge in [-0.05, 0) is 36.8 Å². The van der Waals surface area contributed by atoms with Crippen molar-refractivity contribution < 1.29 is 13.9 Å². The van der Waals surface area contributed by atoms with E-state index < -0.39 is 11.8 Å². The highest BCUT2D eigenvalue weighted by atomic mass is 19.1. The zero-order valence-corrected chi connectivity index (χ0v) is 17.4. The number of hydrogen-bond acceptors (Lipinski definition) is 7. The minimum atomic E-state index is -0.442. The van der Waals surface area contributed by atoms with Gasteiger partial charge in [0.25, 0.3) is 5.95 Å². The molecule has 0 aliphatic carbocycles. The predicted octanol–water partition coefficient (Wildman–Crippen LogP) is 2.23. The van der Waals surface area contributed by atoms with Crippen LogP contribution in [0.4, 0.5) is 16.0 Å². The van der Waals surface area contributed by atoms with E-state index in [1.165, 1.54) is 10.6 Å². The summed E-state index contributed by atoms with van der Waals surface area (Å²) in [5.74, 6) is 1.03. The molecule has 1 unspecified atom stereocenters. The predicted molar refractivity (Wildman–Crippen MR) is 115 cm³/mol. The van der Waals surface area contributed by atoms with Gasteiger partial charge >= 0.3 is 0 Å². The molecule has 1 atom stereocenters. The van der Waals surface area contributed by atoms with Gasteiger partial charge in [-0.15, -0.1) is 10.8 Å². The van der Waals surface area contributed by atoms with Crippen LogP contribution in [-0.4, -0.2) is 52.1 Å². The Balaban J connectivity index is 1.49. The van der Waals surface area contributed by atoms with Gasteiger partial charge in [-0.1, -0.05) is 6.07 Å². The Morgan fingerprint density at radius 1 is 1.19 bits per heavy atom. The van der Waals surface area contributed by atoms with E-state index in [1.54, 1.807) is 0 Å². The van der Waals surface area contributed by atoms with Crippen molar-refractivity contribution in [2.24, 2.45) is 0 Å². The second-order valence-corrected chi connectivity index (χ2v) is 8.11. The Kier molecular flexibility index (Phi) is 4.29. The lowest BCUT2D eigenvalue weighted by molar-refractivity contribution is 0.174. The fourth-order valence-corrected chi connectivity index (χ4v) is 4.46. The van der Waals surface area contributed by atoms with Gasteiger partial charge in [-0.25, -0.2) is 9.37 Å². The number of benzene rings is 2. The van der Waals surface area contributed by atoms with Crippen molar-refractivity contribution in [1.82, 2.24) is 30.6 Å². The molecule has 1 fully saturated rings. The first-order valence-corrected chi connectivity index (χ1v) is 10.5. The van der Waals surface area contributed by atoms with Gasteiger partial charge < -0.3 is 19.7 Å². The fraction of sp³-hybridized carbons (Fsp3) is 0.318. The summed E-state index contributed by atoms with van der Waals surface area (Å²) in [6.45, 7) is 4.75. The molecule has 162 valence electrons. The molecule has 0 spiro atoms. The fourth-order valence-electron chi connectivity index (χ4n) is 4.46. The number of piperazine rings is 1. The number of hydrogen-bond donors (Lipinski definition) is 1. The summed E-state index contributed by atoms with van der Waals surface area (Å²) < 4.78 is 27.6. The number of ether oxygens (including phenoxy) is 2. The van der Waals surface area contributed by atoms with E-state index in [0.717, 1.165) is 30.9 Å². The molecule has 0 amide bonds. The number of rotatable bonds is 3. The minimum absolute atomic E-state index is 0.195. The highest BCUT2D eigenvalue weighted by molar-refractivity contribution is 5.94. The van der Waals surface area contributed by atoms with Crippen LogP contribution in [0, 0.1) is 5.82 Å². The molecule has 0 bridgehead atoms. The summed E-state index contributed by atoms with van der Waals surface area (Å²) in [7, 11) is 0. The van der Waals surface area contributed by atoms with Gasteiger partial charge in [0.2, 0.25) is 6.79 Å². The lowest BCUT2D eigenvalue weighted by atomic mass is 10.1. The maximum absolute atomic E-state index is 15.3. The SMILES string of the molecule is CC1CNCCN1c1cc(F)c2c(c1)nc(Cc1ccc3c(c1)OCO3)n1nc([N])nc21. The lowest BCUT2D eigenvalue weighted by Crippen LogP contribution is -2.49. The van der Waals surface area contributed by atoms with E-state index >= 15 is 4.39 Å². The van der Waals surface area contributed by atoms with E-state index in [2.05, 4.69) is 27.2 Å². The van der Waals surface area contributed by atoms with Crippen molar-refractivity contribution in [3.8, 4) is 11.5 Å². The topological polar surface area (TPSA) is 99.1 Å². The first-order valence-electron chi connectivity index (χ1n) is 10.5. The normalized spacial score (nSPS) is 18.1. The molecule has 4 aromatic rings. The molecule has 10 heteroatoms. The van der Waals surface area contributed by atoms with Gasteiger partial charge in [-0.2, -0.15) is 9.50 Å². The van der Waals surface area contributed by atoms with Crippen LogP contribution >= 0.6 is 0 Å². The largest absolute Gasteiger partial charge is 0.454 e. The summed E-state index contributed by atoms with van der Waals surface area (Å²) in [5.41, 5.74) is 12.4. The maximum atomic E-state index is 15.3. The number of nitrogens with zero attached hydrogens (tertiary/aromatic N) is 6. The molecule has 2 aliphatic rings. The third-order valence-electron chi connectivity index (χ3n) is 6.00. The van der Waals surface area contributed by atoms with E-state index in [9.17, 15) is 5.73 Å². The average Bonchev–Trinajstić information content (AvgIpc) is 3.39. The molecule has 2 aliphatic heterocycles. The number of nitrogens with one attached hydrogen (secondary N) is 1. The molecule has 1 saturated heterocycles. The second kappa shape index (κ2) is 7.20. The Bertz CT molecular complexity index is 1360. The van der Waals surface area contributed by atoms with Gasteiger partial charge in [0, 0.05) is 37.8 Å². The monoisotopic (exact) mass is 433 g/mol. The van der Waals surface area contributed by atoms with Crippen molar-refractivity contribution in [3.63, 3.8) is 0 Å². The van der Waals surface area contributed by atoms with Crippen molar-refractivity contribution in [2.45, 2.75) is 19.4 Å². The summed E-state index contributed by atoms with van der Waals surface area (Å²) >= 11 is 0. The van der Waals surface area contributed by atoms with Crippen LogP contribution in [0.5, 0.6) is 11.5 Å². The molecular formula is C22H20FN7O2. The second-order valence-electron chi connectivity index (χ2n) is 8.11. The molecule has 2 aromatic heterocycles. The van der Waals surface area contributed by atoms with Gasteiger partial charge in [0.1, 0.15) is 11.6 Å². The van der Waals surface area contributed by atoms with Crippen LogP contribution in [0.25, 0.3) is 16.6 Å². The maximum Gasteiger partial charge on any atom is 0.288 e. The van der Waals surface area contributed by atoms with Crippen LogP contribution in [0.15, 0.2) is 30.3 Å². The standard InChI is InChI=1S/C22H20FN7O2/c1-12-10-25-4-5-29(12)14-8-15(23)20-16(9-14)26-19(30-21(20)27-22(24)28-30)7-13-2-3-17-18(6-13)32-11-31-17/h2-3,6,8-9,12,25H,4-5,7,10-11H2,1H3. The summed E-state index contributed by atoms with van der Waals surface area (Å²) in [6.07, 6.45) is 0.391. The number of halogens is 1. The number of aromatic nitrogens is 4. The molecule has 4 heterocycles. The van der Waals surface area contributed by atoms with E-state index in [0.29, 0.717) is 29.3 Å². The molecule has 0 saturated carbocycles. The Morgan fingerprint density at radius 2 is 2.06 bits per heavy atom. The minimum Gasteiger partial charge on any atom is -0.454 e. The molecule has 2 aromatic carbocycles. The zero-order chi connectivity index (χ0) is 21.8. The number of anilines is 1. The first-order chi connectivity index (χ1) is 15.6. The molecule has 2 radical (unpaired) electrons. The van der Waals surface area contributed by atoms with E-state index in [1.807, 2.05) is 24.3 Å². The van der Waals surface area contributed by atoms with Gasteiger partial charge in [0.05, 0.1) is 10.9 Å².